The van der Waals surface area contributed by atoms with Gasteiger partial charge in [0, 0.05) is 37.0 Å². The maximum Gasteiger partial charge on any atom is 0.139 e. The number of rotatable bonds is 4. The smallest absolute Gasteiger partial charge is 0.139 e. The highest BCUT2D eigenvalue weighted by molar-refractivity contribution is 5.83. The number of nitrogens with one attached hydrogen (secondary N) is 2. The molecule has 1 rings (SSSR count). The second-order valence-corrected chi connectivity index (χ2v) is 5.17. The van der Waals surface area contributed by atoms with Crippen LogP contribution < -0.4 is 10.6 Å². The van der Waals surface area contributed by atoms with Gasteiger partial charge in [-0.1, -0.05) is 27.7 Å². The summed E-state index contributed by atoms with van der Waals surface area (Å²) in [6.07, 6.45) is 0.988. The van der Waals surface area contributed by atoms with Crippen molar-refractivity contribution in [2.75, 3.05) is 13.1 Å². The Balaban J connectivity index is 2.45. The van der Waals surface area contributed by atoms with E-state index >= 15 is 0 Å². The Labute approximate surface area is 93.0 Å². The number of piperidine rings is 1. The molecule has 2 atom stereocenters. The summed E-state index contributed by atoms with van der Waals surface area (Å²) in [5.41, 5.74) is 0. The van der Waals surface area contributed by atoms with Crippen LogP contribution in [0.3, 0.4) is 0 Å². The van der Waals surface area contributed by atoms with Crippen LogP contribution in [-0.2, 0) is 4.79 Å². The summed E-state index contributed by atoms with van der Waals surface area (Å²) in [5.74, 6) is 0.766. The molecule has 1 aliphatic heterocycles. The molecule has 3 heteroatoms. The fourth-order valence-electron chi connectivity index (χ4n) is 2.23. The van der Waals surface area contributed by atoms with Crippen LogP contribution in [0.4, 0.5) is 0 Å². The zero-order valence-electron chi connectivity index (χ0n) is 10.3. The number of hydrogen-bond acceptors (Lipinski definition) is 3. The van der Waals surface area contributed by atoms with Crippen LogP contribution >= 0.6 is 0 Å². The highest BCUT2D eigenvalue weighted by Crippen LogP contribution is 2.16. The minimum absolute atomic E-state index is 0.162. The standard InChI is InChI=1S/C12H24N2O/c1-8(2)12(15)10-5-11(7-13-6-10)14-9(3)4/h8-11,13-14H,5-7H2,1-4H3. The summed E-state index contributed by atoms with van der Waals surface area (Å²) in [4.78, 5) is 11.9. The van der Waals surface area contributed by atoms with Gasteiger partial charge in [-0.05, 0) is 6.42 Å². The van der Waals surface area contributed by atoms with Gasteiger partial charge in [-0.25, -0.2) is 0 Å². The van der Waals surface area contributed by atoms with E-state index in [1.54, 1.807) is 0 Å². The molecule has 0 amide bonds. The van der Waals surface area contributed by atoms with E-state index in [0.29, 0.717) is 17.9 Å². The van der Waals surface area contributed by atoms with Gasteiger partial charge >= 0.3 is 0 Å². The lowest BCUT2D eigenvalue weighted by atomic mass is 9.87. The van der Waals surface area contributed by atoms with Gasteiger partial charge < -0.3 is 10.6 Å². The van der Waals surface area contributed by atoms with Gasteiger partial charge in [0.2, 0.25) is 0 Å². The third kappa shape index (κ3) is 3.92. The fourth-order valence-corrected chi connectivity index (χ4v) is 2.23. The molecule has 2 N–H and O–H groups in total. The predicted octanol–water partition coefficient (Wildman–Crippen LogP) is 1.19. The van der Waals surface area contributed by atoms with E-state index in [1.165, 1.54) is 0 Å². The summed E-state index contributed by atoms with van der Waals surface area (Å²) in [5, 5.41) is 6.83. The first kappa shape index (κ1) is 12.7. The molecule has 0 saturated carbocycles. The largest absolute Gasteiger partial charge is 0.314 e. The first-order valence-electron chi connectivity index (χ1n) is 6.01. The van der Waals surface area contributed by atoms with Crippen LogP contribution in [0.1, 0.15) is 34.1 Å². The van der Waals surface area contributed by atoms with E-state index in [9.17, 15) is 4.79 Å². The van der Waals surface area contributed by atoms with Gasteiger partial charge in [0.25, 0.3) is 0 Å². The van der Waals surface area contributed by atoms with E-state index in [2.05, 4.69) is 24.5 Å². The molecular formula is C12H24N2O. The molecule has 3 nitrogen and oxygen atoms in total. The molecule has 0 aromatic heterocycles. The average molecular weight is 212 g/mol. The molecule has 88 valence electrons. The quantitative estimate of drug-likeness (QED) is 0.735. The highest BCUT2D eigenvalue weighted by Gasteiger charge is 2.28. The monoisotopic (exact) mass is 212 g/mol. The second-order valence-electron chi connectivity index (χ2n) is 5.17. The van der Waals surface area contributed by atoms with Gasteiger partial charge in [0.1, 0.15) is 5.78 Å². The van der Waals surface area contributed by atoms with E-state index in [1.807, 2.05) is 13.8 Å². The minimum atomic E-state index is 0.162. The Morgan fingerprint density at radius 1 is 1.27 bits per heavy atom. The van der Waals surface area contributed by atoms with Crippen LogP contribution in [0.2, 0.25) is 0 Å². The van der Waals surface area contributed by atoms with Gasteiger partial charge in [0.15, 0.2) is 0 Å². The summed E-state index contributed by atoms with van der Waals surface area (Å²) in [7, 11) is 0. The topological polar surface area (TPSA) is 41.1 Å². The van der Waals surface area contributed by atoms with Crippen molar-refractivity contribution in [2.24, 2.45) is 11.8 Å². The van der Waals surface area contributed by atoms with Crippen LogP contribution in [0.25, 0.3) is 0 Å². The molecular weight excluding hydrogens is 188 g/mol. The fraction of sp³-hybridized carbons (Fsp3) is 0.917. The van der Waals surface area contributed by atoms with Crippen molar-refractivity contribution in [1.29, 1.82) is 0 Å². The van der Waals surface area contributed by atoms with E-state index in [-0.39, 0.29) is 11.8 Å². The summed E-state index contributed by atoms with van der Waals surface area (Å²) < 4.78 is 0. The van der Waals surface area contributed by atoms with Crippen molar-refractivity contribution in [1.82, 2.24) is 10.6 Å². The third-order valence-electron chi connectivity index (χ3n) is 2.89. The molecule has 0 aromatic carbocycles. The molecule has 2 unspecified atom stereocenters. The highest BCUT2D eigenvalue weighted by atomic mass is 16.1. The van der Waals surface area contributed by atoms with Crippen molar-refractivity contribution in [2.45, 2.75) is 46.2 Å². The maximum absolute atomic E-state index is 11.9. The van der Waals surface area contributed by atoms with Crippen LogP contribution in [0.5, 0.6) is 0 Å². The predicted molar refractivity (Wildman–Crippen MR) is 62.9 cm³/mol. The van der Waals surface area contributed by atoms with Crippen LogP contribution in [-0.4, -0.2) is 31.0 Å². The average Bonchev–Trinajstić information content (AvgIpc) is 2.16. The Morgan fingerprint density at radius 3 is 2.47 bits per heavy atom. The number of carbonyl (C=O) groups is 1. The number of ketones is 1. The maximum atomic E-state index is 11.9. The number of hydrogen-bond donors (Lipinski definition) is 2. The van der Waals surface area contributed by atoms with Gasteiger partial charge in [0.05, 0.1) is 0 Å². The molecule has 1 fully saturated rings. The number of Topliss-reactive ketones (excluding diaryl/α,β-unsaturated/α-hetero) is 1. The van der Waals surface area contributed by atoms with Crippen LogP contribution in [0.15, 0.2) is 0 Å². The van der Waals surface area contributed by atoms with Gasteiger partial charge in [-0.2, -0.15) is 0 Å². The Hall–Kier alpha value is -0.410. The van der Waals surface area contributed by atoms with Crippen molar-refractivity contribution in [3.63, 3.8) is 0 Å². The number of carbonyl (C=O) groups excluding carboxylic acids is 1. The zero-order chi connectivity index (χ0) is 11.4. The molecule has 0 bridgehead atoms. The molecule has 0 radical (unpaired) electrons. The van der Waals surface area contributed by atoms with Crippen molar-refractivity contribution >= 4 is 5.78 Å². The molecule has 0 spiro atoms. The molecule has 1 heterocycles. The molecule has 15 heavy (non-hydrogen) atoms. The summed E-state index contributed by atoms with van der Waals surface area (Å²) in [6, 6.07) is 0.941. The van der Waals surface area contributed by atoms with Crippen LogP contribution in [0, 0.1) is 11.8 Å². The summed E-state index contributed by atoms with van der Waals surface area (Å²) >= 11 is 0. The third-order valence-corrected chi connectivity index (χ3v) is 2.89. The molecule has 1 saturated heterocycles. The Kier molecular flexibility index (Phi) is 4.74. The normalized spacial score (nSPS) is 27.3. The van der Waals surface area contributed by atoms with Crippen molar-refractivity contribution in [3.8, 4) is 0 Å². The Bertz CT molecular complexity index is 214. The lowest BCUT2D eigenvalue weighted by molar-refractivity contribution is -0.126. The van der Waals surface area contributed by atoms with Crippen molar-refractivity contribution in [3.05, 3.63) is 0 Å². The van der Waals surface area contributed by atoms with E-state index in [0.717, 1.165) is 19.5 Å². The van der Waals surface area contributed by atoms with Gasteiger partial charge in [-0.15, -0.1) is 0 Å². The van der Waals surface area contributed by atoms with E-state index in [4.69, 9.17) is 0 Å². The Morgan fingerprint density at radius 2 is 1.93 bits per heavy atom. The minimum Gasteiger partial charge on any atom is -0.314 e. The van der Waals surface area contributed by atoms with E-state index < -0.39 is 0 Å². The van der Waals surface area contributed by atoms with Crippen molar-refractivity contribution < 1.29 is 4.79 Å². The molecule has 1 aliphatic rings. The second kappa shape index (κ2) is 5.61. The lowest BCUT2D eigenvalue weighted by Crippen LogP contribution is -2.51. The SMILES string of the molecule is CC(C)NC1CNCC(C(=O)C(C)C)C1. The zero-order valence-corrected chi connectivity index (χ0v) is 10.3. The molecule has 0 aromatic rings. The first-order chi connectivity index (χ1) is 7.00. The lowest BCUT2D eigenvalue weighted by Gasteiger charge is -2.31. The van der Waals surface area contributed by atoms with Gasteiger partial charge in [-0.3, -0.25) is 4.79 Å². The molecule has 0 aliphatic carbocycles. The summed E-state index contributed by atoms with van der Waals surface area (Å²) in [6.45, 7) is 10.1. The first-order valence-corrected chi connectivity index (χ1v) is 6.01.